The summed E-state index contributed by atoms with van der Waals surface area (Å²) in [4.78, 5) is 4.62. The molecule has 0 aromatic heterocycles. The summed E-state index contributed by atoms with van der Waals surface area (Å²) in [6.07, 6.45) is 3.64. The summed E-state index contributed by atoms with van der Waals surface area (Å²) in [6.45, 7) is 4.39. The fourth-order valence-electron chi connectivity index (χ4n) is 1.29. The Bertz CT molecular complexity index is 104. The lowest BCUT2D eigenvalue weighted by Crippen LogP contribution is -2.25. The van der Waals surface area contributed by atoms with E-state index in [2.05, 4.69) is 30.9 Å². The van der Waals surface area contributed by atoms with E-state index in [1.54, 1.807) is 0 Å². The first-order chi connectivity index (χ1) is 6.16. The smallest absolute Gasteiger partial charge is 0.000960 e. The van der Waals surface area contributed by atoms with Gasteiger partial charge in [0, 0.05) is 0 Å². The van der Waals surface area contributed by atoms with Crippen LogP contribution in [0.15, 0.2) is 0 Å². The van der Waals surface area contributed by atoms with E-state index in [-0.39, 0.29) is 0 Å². The van der Waals surface area contributed by atoms with Gasteiger partial charge >= 0.3 is 0 Å². The largest absolute Gasteiger partial charge is 0.330 e. The van der Waals surface area contributed by atoms with Crippen LogP contribution in [0, 0.1) is 0 Å². The lowest BCUT2D eigenvalue weighted by molar-refractivity contribution is 0.296. The van der Waals surface area contributed by atoms with Gasteiger partial charge in [0.15, 0.2) is 0 Å². The van der Waals surface area contributed by atoms with Crippen molar-refractivity contribution >= 4 is 0 Å². The molecule has 80 valence electrons. The molecule has 0 radical (unpaired) electrons. The highest BCUT2D eigenvalue weighted by atomic mass is 15.1. The Morgan fingerprint density at radius 3 is 2.00 bits per heavy atom. The van der Waals surface area contributed by atoms with E-state index in [1.165, 1.54) is 32.5 Å². The second kappa shape index (κ2) is 8.48. The summed E-state index contributed by atoms with van der Waals surface area (Å²) in [7, 11) is 6.43. The van der Waals surface area contributed by atoms with Gasteiger partial charge in [0.25, 0.3) is 0 Å². The number of hydrogen-bond donors (Lipinski definition) is 1. The first-order valence-corrected chi connectivity index (χ1v) is 5.20. The zero-order valence-electron chi connectivity index (χ0n) is 9.42. The predicted octanol–water partition coefficient (Wildman–Crippen LogP) is 0.609. The van der Waals surface area contributed by atoms with Gasteiger partial charge in [0.05, 0.1) is 0 Å². The van der Waals surface area contributed by atoms with Crippen molar-refractivity contribution in [2.75, 3.05) is 47.3 Å². The van der Waals surface area contributed by atoms with Gasteiger partial charge in [-0.05, 0) is 66.6 Å². The minimum atomic E-state index is 0.825. The molecule has 0 saturated carbocycles. The zero-order chi connectivity index (χ0) is 10.1. The van der Waals surface area contributed by atoms with Crippen LogP contribution < -0.4 is 5.73 Å². The first kappa shape index (κ1) is 12.9. The Balaban J connectivity index is 3.15. The third-order valence-electron chi connectivity index (χ3n) is 2.14. The highest BCUT2D eigenvalue weighted by molar-refractivity contribution is 4.54. The van der Waals surface area contributed by atoms with Gasteiger partial charge in [-0.3, -0.25) is 0 Å². The molecule has 3 heteroatoms. The SMILES string of the molecule is CN(C)CCCN(C)CCCCN. The van der Waals surface area contributed by atoms with Gasteiger partial charge in [0.1, 0.15) is 0 Å². The fraction of sp³-hybridized carbons (Fsp3) is 1.00. The van der Waals surface area contributed by atoms with Crippen molar-refractivity contribution in [3.05, 3.63) is 0 Å². The van der Waals surface area contributed by atoms with E-state index < -0.39 is 0 Å². The highest BCUT2D eigenvalue weighted by Crippen LogP contribution is 1.93. The molecule has 0 spiro atoms. The van der Waals surface area contributed by atoms with Crippen LogP contribution in [-0.4, -0.2) is 57.1 Å². The molecule has 0 fully saturated rings. The topological polar surface area (TPSA) is 32.5 Å². The standard InChI is InChI=1S/C10H25N3/c1-12(2)8-6-10-13(3)9-5-4-7-11/h4-11H2,1-3H3. The third kappa shape index (κ3) is 9.80. The molecule has 0 unspecified atom stereocenters. The molecule has 0 rings (SSSR count). The van der Waals surface area contributed by atoms with Crippen molar-refractivity contribution < 1.29 is 0 Å². The maximum absolute atomic E-state index is 5.43. The van der Waals surface area contributed by atoms with Crippen LogP contribution in [0.1, 0.15) is 19.3 Å². The monoisotopic (exact) mass is 187 g/mol. The van der Waals surface area contributed by atoms with Gasteiger partial charge in [-0.2, -0.15) is 0 Å². The number of nitrogens with two attached hydrogens (primary N) is 1. The number of hydrogen-bond acceptors (Lipinski definition) is 3. The molecule has 0 aliphatic carbocycles. The van der Waals surface area contributed by atoms with Crippen molar-refractivity contribution in [2.24, 2.45) is 5.73 Å². The molecule has 0 aromatic carbocycles. The molecule has 3 nitrogen and oxygen atoms in total. The molecule has 0 bridgehead atoms. The van der Waals surface area contributed by atoms with Crippen molar-refractivity contribution in [2.45, 2.75) is 19.3 Å². The second-order valence-corrected chi connectivity index (χ2v) is 3.96. The Morgan fingerprint density at radius 2 is 1.46 bits per heavy atom. The first-order valence-electron chi connectivity index (χ1n) is 5.20. The van der Waals surface area contributed by atoms with Gasteiger partial charge in [-0.15, -0.1) is 0 Å². The average Bonchev–Trinajstić information content (AvgIpc) is 2.04. The van der Waals surface area contributed by atoms with Crippen molar-refractivity contribution in [1.29, 1.82) is 0 Å². The summed E-state index contributed by atoms with van der Waals surface area (Å²) in [5, 5.41) is 0. The summed E-state index contributed by atoms with van der Waals surface area (Å²) < 4.78 is 0. The Hall–Kier alpha value is -0.120. The van der Waals surface area contributed by atoms with Gasteiger partial charge in [0.2, 0.25) is 0 Å². The second-order valence-electron chi connectivity index (χ2n) is 3.96. The van der Waals surface area contributed by atoms with Crippen LogP contribution in [0.2, 0.25) is 0 Å². The minimum Gasteiger partial charge on any atom is -0.330 e. The van der Waals surface area contributed by atoms with E-state index in [0.717, 1.165) is 13.0 Å². The van der Waals surface area contributed by atoms with Crippen molar-refractivity contribution in [1.82, 2.24) is 9.80 Å². The van der Waals surface area contributed by atoms with Gasteiger partial charge in [-0.25, -0.2) is 0 Å². The van der Waals surface area contributed by atoms with E-state index in [9.17, 15) is 0 Å². The molecule has 0 atom stereocenters. The van der Waals surface area contributed by atoms with Gasteiger partial charge in [-0.1, -0.05) is 0 Å². The van der Waals surface area contributed by atoms with E-state index in [1.807, 2.05) is 0 Å². The van der Waals surface area contributed by atoms with Crippen LogP contribution in [0.3, 0.4) is 0 Å². The Kier molecular flexibility index (Phi) is 8.40. The van der Waals surface area contributed by atoms with E-state index in [0.29, 0.717) is 0 Å². The average molecular weight is 187 g/mol. The van der Waals surface area contributed by atoms with E-state index >= 15 is 0 Å². The fourth-order valence-corrected chi connectivity index (χ4v) is 1.29. The Labute approximate surface area is 82.9 Å². The normalized spacial score (nSPS) is 11.5. The quantitative estimate of drug-likeness (QED) is 0.565. The number of nitrogens with zero attached hydrogens (tertiary/aromatic N) is 2. The molecule has 0 saturated heterocycles. The minimum absolute atomic E-state index is 0.825. The molecule has 0 aromatic rings. The maximum atomic E-state index is 5.43. The third-order valence-corrected chi connectivity index (χ3v) is 2.14. The summed E-state index contributed by atoms with van der Waals surface area (Å²) in [6, 6.07) is 0. The van der Waals surface area contributed by atoms with Crippen LogP contribution >= 0.6 is 0 Å². The lowest BCUT2D eigenvalue weighted by Gasteiger charge is -2.17. The van der Waals surface area contributed by atoms with Crippen LogP contribution in [0.4, 0.5) is 0 Å². The molecule has 0 heterocycles. The lowest BCUT2D eigenvalue weighted by atomic mass is 10.3. The predicted molar refractivity (Wildman–Crippen MR) is 59.0 cm³/mol. The summed E-state index contributed by atoms with van der Waals surface area (Å²) in [5.74, 6) is 0. The molecule has 0 aliphatic heterocycles. The van der Waals surface area contributed by atoms with E-state index in [4.69, 9.17) is 5.73 Å². The van der Waals surface area contributed by atoms with Crippen LogP contribution in [-0.2, 0) is 0 Å². The molecule has 0 amide bonds. The van der Waals surface area contributed by atoms with Crippen molar-refractivity contribution in [3.8, 4) is 0 Å². The van der Waals surface area contributed by atoms with Crippen LogP contribution in [0.5, 0.6) is 0 Å². The van der Waals surface area contributed by atoms with Gasteiger partial charge < -0.3 is 15.5 Å². The summed E-state index contributed by atoms with van der Waals surface area (Å²) in [5.41, 5.74) is 5.43. The molecular weight excluding hydrogens is 162 g/mol. The molecule has 13 heavy (non-hydrogen) atoms. The maximum Gasteiger partial charge on any atom is -0.000960 e. The Morgan fingerprint density at radius 1 is 0.846 bits per heavy atom. The summed E-state index contributed by atoms with van der Waals surface area (Å²) >= 11 is 0. The van der Waals surface area contributed by atoms with Crippen LogP contribution in [0.25, 0.3) is 0 Å². The molecule has 2 N–H and O–H groups in total. The molecule has 0 aliphatic rings. The number of rotatable bonds is 8. The zero-order valence-corrected chi connectivity index (χ0v) is 9.42. The highest BCUT2D eigenvalue weighted by Gasteiger charge is 1.97. The number of unbranched alkanes of at least 4 members (excludes halogenated alkanes) is 1. The molecular formula is C10H25N3. The van der Waals surface area contributed by atoms with Crippen molar-refractivity contribution in [3.63, 3.8) is 0 Å².